The number of hydrogen-bond acceptors (Lipinski definition) is 6. The normalized spacial score (nSPS) is 15.1. The fraction of sp³-hybridized carbons (Fsp3) is 0.375. The third-order valence-electron chi connectivity index (χ3n) is 5.62. The molecule has 156 valence electrons. The molecule has 0 aliphatic carbocycles. The van der Waals surface area contributed by atoms with Crippen molar-refractivity contribution in [3.63, 3.8) is 0 Å². The average molecular weight is 404 g/mol. The van der Waals surface area contributed by atoms with Crippen LogP contribution in [-0.4, -0.2) is 46.6 Å². The lowest BCUT2D eigenvalue weighted by molar-refractivity contribution is 0.182. The van der Waals surface area contributed by atoms with Gasteiger partial charge in [-0.2, -0.15) is 0 Å². The first-order valence-corrected chi connectivity index (χ1v) is 10.5. The number of piperidine rings is 1. The molecule has 0 spiro atoms. The van der Waals surface area contributed by atoms with Gasteiger partial charge >= 0.3 is 0 Å². The zero-order chi connectivity index (χ0) is 20.8. The van der Waals surface area contributed by atoms with E-state index in [1.807, 2.05) is 37.3 Å². The second kappa shape index (κ2) is 9.67. The summed E-state index contributed by atoms with van der Waals surface area (Å²) in [5, 5.41) is 3.54. The Kier molecular flexibility index (Phi) is 6.54. The SMILES string of the molecule is COc1ccc(CN2CCC(CNc3cc(C)nc(-c4cccnc4)n3)CC2)cc1. The second-order valence-corrected chi connectivity index (χ2v) is 7.91. The fourth-order valence-electron chi connectivity index (χ4n) is 3.87. The topological polar surface area (TPSA) is 63.2 Å². The van der Waals surface area contributed by atoms with Gasteiger partial charge in [0.05, 0.1) is 7.11 Å². The Bertz CT molecular complexity index is 938. The molecule has 3 heterocycles. The van der Waals surface area contributed by atoms with Crippen molar-refractivity contribution in [1.82, 2.24) is 19.9 Å². The number of pyridine rings is 1. The summed E-state index contributed by atoms with van der Waals surface area (Å²) in [6.45, 7) is 6.21. The number of benzene rings is 1. The third kappa shape index (κ3) is 5.33. The van der Waals surface area contributed by atoms with E-state index < -0.39 is 0 Å². The van der Waals surface area contributed by atoms with Gasteiger partial charge < -0.3 is 10.1 Å². The summed E-state index contributed by atoms with van der Waals surface area (Å²) in [6.07, 6.45) is 5.96. The van der Waals surface area contributed by atoms with Crippen LogP contribution in [0, 0.1) is 12.8 Å². The van der Waals surface area contributed by atoms with Crippen LogP contribution in [0.4, 0.5) is 5.82 Å². The lowest BCUT2D eigenvalue weighted by Crippen LogP contribution is -2.35. The Balaban J connectivity index is 1.28. The summed E-state index contributed by atoms with van der Waals surface area (Å²) < 4.78 is 5.24. The number of nitrogens with one attached hydrogen (secondary N) is 1. The van der Waals surface area contributed by atoms with E-state index in [4.69, 9.17) is 9.72 Å². The molecule has 1 aromatic carbocycles. The standard InChI is InChI=1S/C24H29N5O/c1-18-14-23(28-24(27-18)21-4-3-11-25-16-21)26-15-19-9-12-29(13-10-19)17-20-5-7-22(30-2)8-6-20/h3-8,11,14,16,19H,9-10,12-13,15,17H2,1-2H3,(H,26,27,28). The first-order valence-electron chi connectivity index (χ1n) is 10.5. The molecular formula is C24H29N5O. The molecule has 4 rings (SSSR count). The second-order valence-electron chi connectivity index (χ2n) is 7.91. The van der Waals surface area contributed by atoms with Crippen molar-refractivity contribution < 1.29 is 4.74 Å². The van der Waals surface area contributed by atoms with Gasteiger partial charge in [0.2, 0.25) is 0 Å². The van der Waals surface area contributed by atoms with Crippen molar-refractivity contribution in [1.29, 1.82) is 0 Å². The number of hydrogen-bond donors (Lipinski definition) is 1. The molecule has 6 nitrogen and oxygen atoms in total. The molecule has 0 saturated carbocycles. The fourth-order valence-corrected chi connectivity index (χ4v) is 3.87. The van der Waals surface area contributed by atoms with Gasteiger partial charge in [-0.25, -0.2) is 9.97 Å². The van der Waals surface area contributed by atoms with Gasteiger partial charge in [0.15, 0.2) is 5.82 Å². The van der Waals surface area contributed by atoms with Crippen LogP contribution in [0.3, 0.4) is 0 Å². The molecule has 1 fully saturated rings. The van der Waals surface area contributed by atoms with Crippen LogP contribution < -0.4 is 10.1 Å². The molecule has 0 unspecified atom stereocenters. The Morgan fingerprint density at radius 2 is 1.90 bits per heavy atom. The molecule has 2 aromatic heterocycles. The van der Waals surface area contributed by atoms with E-state index in [9.17, 15) is 0 Å². The summed E-state index contributed by atoms with van der Waals surface area (Å²) in [5.41, 5.74) is 3.24. The molecule has 30 heavy (non-hydrogen) atoms. The summed E-state index contributed by atoms with van der Waals surface area (Å²) >= 11 is 0. The van der Waals surface area contributed by atoms with Crippen molar-refractivity contribution in [2.24, 2.45) is 5.92 Å². The van der Waals surface area contributed by atoms with Crippen molar-refractivity contribution >= 4 is 5.82 Å². The zero-order valence-corrected chi connectivity index (χ0v) is 17.7. The van der Waals surface area contributed by atoms with Crippen LogP contribution in [-0.2, 0) is 6.54 Å². The van der Waals surface area contributed by atoms with Crippen LogP contribution >= 0.6 is 0 Å². The quantitative estimate of drug-likeness (QED) is 0.639. The first kappa shape index (κ1) is 20.3. The molecule has 6 heteroatoms. The maximum atomic E-state index is 5.24. The van der Waals surface area contributed by atoms with Crippen LogP contribution in [0.1, 0.15) is 24.1 Å². The molecule has 1 aliphatic heterocycles. The number of methoxy groups -OCH3 is 1. The third-order valence-corrected chi connectivity index (χ3v) is 5.62. The number of aryl methyl sites for hydroxylation is 1. The molecule has 0 radical (unpaired) electrons. The Labute approximate surface area is 178 Å². The molecule has 1 aliphatic rings. The van der Waals surface area contributed by atoms with Crippen LogP contribution in [0.25, 0.3) is 11.4 Å². The lowest BCUT2D eigenvalue weighted by atomic mass is 9.96. The highest BCUT2D eigenvalue weighted by atomic mass is 16.5. The van der Waals surface area contributed by atoms with E-state index >= 15 is 0 Å². The van der Waals surface area contributed by atoms with Gasteiger partial charge in [0.25, 0.3) is 0 Å². The minimum absolute atomic E-state index is 0.661. The van der Waals surface area contributed by atoms with E-state index in [2.05, 4.69) is 32.3 Å². The van der Waals surface area contributed by atoms with E-state index in [1.165, 1.54) is 18.4 Å². The summed E-state index contributed by atoms with van der Waals surface area (Å²) in [6, 6.07) is 14.3. The van der Waals surface area contributed by atoms with Gasteiger partial charge in [0, 0.05) is 42.8 Å². The van der Waals surface area contributed by atoms with Gasteiger partial charge in [-0.15, -0.1) is 0 Å². The highest BCUT2D eigenvalue weighted by Crippen LogP contribution is 2.22. The number of rotatable bonds is 7. The number of likely N-dealkylation sites (tertiary alicyclic amines) is 1. The first-order chi connectivity index (χ1) is 14.7. The largest absolute Gasteiger partial charge is 0.497 e. The number of nitrogens with zero attached hydrogens (tertiary/aromatic N) is 4. The minimum atomic E-state index is 0.661. The number of ether oxygens (including phenoxy) is 1. The molecule has 1 N–H and O–H groups in total. The van der Waals surface area contributed by atoms with E-state index in [0.29, 0.717) is 5.92 Å². The van der Waals surface area contributed by atoms with Crippen molar-refractivity contribution in [2.75, 3.05) is 32.1 Å². The Hall–Kier alpha value is -2.99. The van der Waals surface area contributed by atoms with E-state index in [1.54, 1.807) is 19.5 Å². The summed E-state index contributed by atoms with van der Waals surface area (Å²) in [5.74, 6) is 3.19. The Morgan fingerprint density at radius 1 is 1.10 bits per heavy atom. The molecule has 1 saturated heterocycles. The van der Waals surface area contributed by atoms with Crippen molar-refractivity contribution in [3.8, 4) is 17.1 Å². The molecule has 3 aromatic rings. The monoisotopic (exact) mass is 403 g/mol. The molecular weight excluding hydrogens is 374 g/mol. The molecule has 0 bridgehead atoms. The predicted octanol–water partition coefficient (Wildman–Crippen LogP) is 4.18. The average Bonchev–Trinajstić information content (AvgIpc) is 2.79. The summed E-state index contributed by atoms with van der Waals surface area (Å²) in [4.78, 5) is 16.0. The number of aromatic nitrogens is 3. The van der Waals surface area contributed by atoms with Crippen LogP contribution in [0.2, 0.25) is 0 Å². The molecule has 0 amide bonds. The van der Waals surface area contributed by atoms with Crippen molar-refractivity contribution in [2.45, 2.75) is 26.3 Å². The van der Waals surface area contributed by atoms with Gasteiger partial charge in [-0.1, -0.05) is 12.1 Å². The van der Waals surface area contributed by atoms with Crippen molar-refractivity contribution in [3.05, 3.63) is 66.1 Å². The van der Waals surface area contributed by atoms with Gasteiger partial charge in [0.1, 0.15) is 11.6 Å². The maximum Gasteiger partial charge on any atom is 0.163 e. The predicted molar refractivity (Wildman–Crippen MR) is 119 cm³/mol. The minimum Gasteiger partial charge on any atom is -0.497 e. The van der Waals surface area contributed by atoms with Crippen LogP contribution in [0.5, 0.6) is 5.75 Å². The van der Waals surface area contributed by atoms with Gasteiger partial charge in [-0.3, -0.25) is 9.88 Å². The van der Waals surface area contributed by atoms with E-state index in [-0.39, 0.29) is 0 Å². The smallest absolute Gasteiger partial charge is 0.163 e. The highest BCUT2D eigenvalue weighted by molar-refractivity contribution is 5.56. The number of anilines is 1. The van der Waals surface area contributed by atoms with Crippen LogP contribution in [0.15, 0.2) is 54.9 Å². The molecule has 0 atom stereocenters. The Morgan fingerprint density at radius 3 is 2.60 bits per heavy atom. The zero-order valence-electron chi connectivity index (χ0n) is 17.7. The summed E-state index contributed by atoms with van der Waals surface area (Å²) in [7, 11) is 1.70. The lowest BCUT2D eigenvalue weighted by Gasteiger charge is -2.32. The highest BCUT2D eigenvalue weighted by Gasteiger charge is 2.19. The maximum absolute atomic E-state index is 5.24. The van der Waals surface area contributed by atoms with E-state index in [0.717, 1.165) is 54.8 Å². The van der Waals surface area contributed by atoms with Gasteiger partial charge in [-0.05, 0) is 68.6 Å².